The van der Waals surface area contributed by atoms with Gasteiger partial charge in [-0.15, -0.1) is 0 Å². The van der Waals surface area contributed by atoms with Crippen molar-refractivity contribution in [3.63, 3.8) is 0 Å². The Morgan fingerprint density at radius 1 is 1.07 bits per heavy atom. The van der Waals surface area contributed by atoms with Crippen LogP contribution in [0.5, 0.6) is 11.5 Å². The highest BCUT2D eigenvalue weighted by molar-refractivity contribution is 5.79. The molecule has 4 rings (SSSR count). The number of anilines is 1. The van der Waals surface area contributed by atoms with Crippen LogP contribution in [0.3, 0.4) is 0 Å². The van der Waals surface area contributed by atoms with Crippen LogP contribution in [0.2, 0.25) is 0 Å². The molecule has 0 aliphatic carbocycles. The number of nitrogens with one attached hydrogen (secondary N) is 1. The van der Waals surface area contributed by atoms with E-state index in [-0.39, 0.29) is 11.8 Å². The molecule has 7 nitrogen and oxygen atoms in total. The lowest BCUT2D eigenvalue weighted by atomic mass is 9.96. The number of carbonyl (C=O) groups is 1. The molecule has 1 fully saturated rings. The Morgan fingerprint density at radius 2 is 1.80 bits per heavy atom. The second kappa shape index (κ2) is 8.98. The van der Waals surface area contributed by atoms with Gasteiger partial charge in [0.2, 0.25) is 5.91 Å². The number of carbonyl (C=O) groups excluding carboxylic acids is 1. The van der Waals surface area contributed by atoms with Crippen LogP contribution in [-0.4, -0.2) is 43.2 Å². The van der Waals surface area contributed by atoms with Gasteiger partial charge in [0.15, 0.2) is 11.5 Å². The maximum absolute atomic E-state index is 12.7. The van der Waals surface area contributed by atoms with Crippen LogP contribution in [0.1, 0.15) is 18.4 Å². The van der Waals surface area contributed by atoms with Crippen molar-refractivity contribution in [2.75, 3.05) is 32.2 Å². The molecule has 1 aliphatic heterocycles. The molecule has 0 atom stereocenters. The number of para-hydroxylation sites is 2. The van der Waals surface area contributed by atoms with Gasteiger partial charge in [0.05, 0.1) is 31.4 Å². The molecule has 30 heavy (non-hydrogen) atoms. The standard InChI is InChI=1S/C23H26N4O3/c1-29-20-8-7-16(13-21(20)30-2)14-25-23(28)17-9-11-27(12-10-17)22-15-24-18-5-3-4-6-19(18)26-22/h3-8,13,15,17H,9-12,14H2,1-2H3,(H,25,28). The number of hydrogen-bond donors (Lipinski definition) is 1. The van der Waals surface area contributed by atoms with Crippen molar-refractivity contribution in [1.82, 2.24) is 15.3 Å². The summed E-state index contributed by atoms with van der Waals surface area (Å²) in [5.74, 6) is 2.31. The zero-order chi connectivity index (χ0) is 20.9. The average molecular weight is 406 g/mol. The summed E-state index contributed by atoms with van der Waals surface area (Å²) < 4.78 is 10.6. The Morgan fingerprint density at radius 3 is 2.53 bits per heavy atom. The zero-order valence-corrected chi connectivity index (χ0v) is 17.3. The van der Waals surface area contributed by atoms with Gasteiger partial charge in [-0.05, 0) is 42.7 Å². The molecule has 1 aromatic heterocycles. The van der Waals surface area contributed by atoms with Gasteiger partial charge in [0.25, 0.3) is 0 Å². The zero-order valence-electron chi connectivity index (χ0n) is 17.3. The molecule has 1 amide bonds. The molecule has 0 unspecified atom stereocenters. The lowest BCUT2D eigenvalue weighted by Crippen LogP contribution is -2.40. The number of aromatic nitrogens is 2. The smallest absolute Gasteiger partial charge is 0.223 e. The topological polar surface area (TPSA) is 76.6 Å². The van der Waals surface area contributed by atoms with Gasteiger partial charge in [-0.25, -0.2) is 4.98 Å². The summed E-state index contributed by atoms with van der Waals surface area (Å²) in [6.45, 7) is 2.05. The molecule has 0 radical (unpaired) electrons. The fourth-order valence-corrected chi connectivity index (χ4v) is 3.79. The molecule has 0 bridgehead atoms. The minimum atomic E-state index is 0.00908. The molecule has 0 spiro atoms. The third-order valence-corrected chi connectivity index (χ3v) is 5.54. The molecule has 156 valence electrons. The lowest BCUT2D eigenvalue weighted by molar-refractivity contribution is -0.125. The highest BCUT2D eigenvalue weighted by atomic mass is 16.5. The first-order valence-corrected chi connectivity index (χ1v) is 10.1. The molecule has 3 aromatic rings. The van der Waals surface area contributed by atoms with Gasteiger partial charge in [-0.2, -0.15) is 0 Å². The highest BCUT2D eigenvalue weighted by Crippen LogP contribution is 2.28. The van der Waals surface area contributed by atoms with Crippen LogP contribution in [0.25, 0.3) is 11.0 Å². The van der Waals surface area contributed by atoms with Crippen molar-refractivity contribution in [1.29, 1.82) is 0 Å². The second-order valence-electron chi connectivity index (χ2n) is 7.39. The largest absolute Gasteiger partial charge is 0.493 e. The molecule has 0 saturated carbocycles. The Bertz CT molecular complexity index is 1030. The van der Waals surface area contributed by atoms with Crippen molar-refractivity contribution in [2.45, 2.75) is 19.4 Å². The number of piperidine rings is 1. The van der Waals surface area contributed by atoms with Crippen LogP contribution in [0.15, 0.2) is 48.7 Å². The van der Waals surface area contributed by atoms with E-state index in [1.807, 2.05) is 48.7 Å². The molecular formula is C23H26N4O3. The van der Waals surface area contributed by atoms with Gasteiger partial charge < -0.3 is 19.7 Å². The third kappa shape index (κ3) is 4.30. The van der Waals surface area contributed by atoms with E-state index in [9.17, 15) is 4.79 Å². The Hall–Kier alpha value is -3.35. The first kappa shape index (κ1) is 19.9. The van der Waals surface area contributed by atoms with Crippen molar-refractivity contribution < 1.29 is 14.3 Å². The summed E-state index contributed by atoms with van der Waals surface area (Å²) in [6.07, 6.45) is 3.42. The molecule has 1 N–H and O–H groups in total. The number of fused-ring (bicyclic) bond motifs is 1. The predicted molar refractivity (Wildman–Crippen MR) is 116 cm³/mol. The van der Waals surface area contributed by atoms with Crippen molar-refractivity contribution >= 4 is 22.8 Å². The SMILES string of the molecule is COc1ccc(CNC(=O)C2CCN(c3cnc4ccccc4n3)CC2)cc1OC. The molecule has 2 heterocycles. The minimum absolute atomic E-state index is 0.00908. The van der Waals surface area contributed by atoms with Crippen LogP contribution in [-0.2, 0) is 11.3 Å². The molecule has 1 saturated heterocycles. The number of amides is 1. The number of ether oxygens (including phenoxy) is 2. The van der Waals surface area contributed by atoms with Gasteiger partial charge in [-0.3, -0.25) is 9.78 Å². The first-order valence-electron chi connectivity index (χ1n) is 10.1. The minimum Gasteiger partial charge on any atom is -0.493 e. The average Bonchev–Trinajstić information content (AvgIpc) is 2.82. The fraction of sp³-hybridized carbons (Fsp3) is 0.348. The predicted octanol–water partition coefficient (Wildman–Crippen LogP) is 3.18. The fourth-order valence-electron chi connectivity index (χ4n) is 3.79. The molecular weight excluding hydrogens is 380 g/mol. The van der Waals surface area contributed by atoms with Crippen molar-refractivity contribution in [2.24, 2.45) is 5.92 Å². The number of rotatable bonds is 6. The quantitative estimate of drug-likeness (QED) is 0.678. The van der Waals surface area contributed by atoms with E-state index in [0.717, 1.165) is 48.3 Å². The monoisotopic (exact) mass is 406 g/mol. The number of nitrogens with zero attached hydrogens (tertiary/aromatic N) is 3. The Balaban J connectivity index is 1.31. The Kier molecular flexibility index (Phi) is 5.97. The summed E-state index contributed by atoms with van der Waals surface area (Å²) >= 11 is 0. The summed E-state index contributed by atoms with van der Waals surface area (Å²) in [7, 11) is 3.21. The molecule has 1 aliphatic rings. The van der Waals surface area contributed by atoms with Crippen molar-refractivity contribution in [3.8, 4) is 11.5 Å². The van der Waals surface area contributed by atoms with Gasteiger partial charge >= 0.3 is 0 Å². The summed E-state index contributed by atoms with van der Waals surface area (Å²) in [5.41, 5.74) is 2.76. The highest BCUT2D eigenvalue weighted by Gasteiger charge is 2.25. The van der Waals surface area contributed by atoms with Gasteiger partial charge in [-0.1, -0.05) is 18.2 Å². The summed E-state index contributed by atoms with van der Waals surface area (Å²) in [5, 5.41) is 3.05. The summed E-state index contributed by atoms with van der Waals surface area (Å²) in [4.78, 5) is 24.1. The van der Waals surface area contributed by atoms with Crippen LogP contribution < -0.4 is 19.7 Å². The van der Waals surface area contributed by atoms with E-state index >= 15 is 0 Å². The Labute approximate surface area is 176 Å². The molecule has 2 aromatic carbocycles. The van der Waals surface area contributed by atoms with Gasteiger partial charge in [0, 0.05) is 25.6 Å². The number of methoxy groups -OCH3 is 2. The van der Waals surface area contributed by atoms with E-state index in [1.54, 1.807) is 14.2 Å². The lowest BCUT2D eigenvalue weighted by Gasteiger charge is -2.32. The normalized spacial score (nSPS) is 14.5. The third-order valence-electron chi connectivity index (χ3n) is 5.54. The van der Waals surface area contributed by atoms with Crippen LogP contribution in [0.4, 0.5) is 5.82 Å². The first-order chi connectivity index (χ1) is 14.7. The van der Waals surface area contributed by atoms with Crippen molar-refractivity contribution in [3.05, 3.63) is 54.2 Å². The van der Waals surface area contributed by atoms with Gasteiger partial charge in [0.1, 0.15) is 5.82 Å². The number of hydrogen-bond acceptors (Lipinski definition) is 6. The van der Waals surface area contributed by atoms with E-state index in [1.165, 1.54) is 0 Å². The van der Waals surface area contributed by atoms with Crippen LogP contribution >= 0.6 is 0 Å². The number of benzene rings is 2. The van der Waals surface area contributed by atoms with E-state index in [0.29, 0.717) is 18.0 Å². The van der Waals surface area contributed by atoms with E-state index in [4.69, 9.17) is 14.5 Å². The van der Waals surface area contributed by atoms with E-state index in [2.05, 4.69) is 15.2 Å². The maximum atomic E-state index is 12.7. The van der Waals surface area contributed by atoms with Crippen LogP contribution in [0, 0.1) is 5.92 Å². The molecule has 7 heteroatoms. The summed E-state index contributed by atoms with van der Waals surface area (Å²) in [6, 6.07) is 13.5. The van der Waals surface area contributed by atoms with E-state index < -0.39 is 0 Å². The maximum Gasteiger partial charge on any atom is 0.223 e. The second-order valence-corrected chi connectivity index (χ2v) is 7.39.